The second kappa shape index (κ2) is 25.3. The molecule has 38 heavy (non-hydrogen) atoms. The van der Waals surface area contributed by atoms with Crippen LogP contribution in [0.4, 0.5) is 4.79 Å². The average Bonchev–Trinajstić information content (AvgIpc) is 2.83. The van der Waals surface area contributed by atoms with Crippen LogP contribution in [0.5, 0.6) is 0 Å². The number of hydrogen-bond donors (Lipinski definition) is 2. The second-order valence-electron chi connectivity index (χ2n) is 8.92. The lowest BCUT2D eigenvalue weighted by atomic mass is 10.2. The van der Waals surface area contributed by atoms with Gasteiger partial charge in [0.1, 0.15) is 12.2 Å². The van der Waals surface area contributed by atoms with Gasteiger partial charge >= 0.3 is 18.0 Å². The SMILES string of the molecule is CC(C)(C)OC(=O)NCCOCCOCCOCCOCCOCCOCCOC(=O)CCCCC(=O)O. The molecule has 0 aliphatic rings. The number of carboxylic acid groups (broad SMARTS) is 1. The Morgan fingerprint density at radius 1 is 0.605 bits per heavy atom. The number of ether oxygens (including phenoxy) is 8. The van der Waals surface area contributed by atoms with E-state index in [1.807, 2.05) is 0 Å². The van der Waals surface area contributed by atoms with Crippen LogP contribution in [-0.2, 0) is 47.5 Å². The van der Waals surface area contributed by atoms with Crippen LogP contribution in [-0.4, -0.2) is 121 Å². The summed E-state index contributed by atoms with van der Waals surface area (Å²) < 4.78 is 42.4. The highest BCUT2D eigenvalue weighted by atomic mass is 16.6. The Bertz CT molecular complexity index is 597. The lowest BCUT2D eigenvalue weighted by Crippen LogP contribution is -2.34. The van der Waals surface area contributed by atoms with Crippen molar-refractivity contribution in [3.8, 4) is 0 Å². The third-order valence-electron chi connectivity index (χ3n) is 4.29. The normalized spacial score (nSPS) is 11.3. The van der Waals surface area contributed by atoms with Crippen molar-refractivity contribution in [2.24, 2.45) is 0 Å². The highest BCUT2D eigenvalue weighted by Gasteiger charge is 2.15. The zero-order valence-electron chi connectivity index (χ0n) is 23.2. The summed E-state index contributed by atoms with van der Waals surface area (Å²) in [6, 6.07) is 0. The maximum absolute atomic E-state index is 11.4. The van der Waals surface area contributed by atoms with Gasteiger partial charge in [0.15, 0.2) is 0 Å². The molecule has 0 rings (SSSR count). The molecule has 0 fully saturated rings. The molecule has 0 atom stereocenters. The summed E-state index contributed by atoms with van der Waals surface area (Å²) in [5, 5.41) is 11.1. The van der Waals surface area contributed by atoms with Crippen LogP contribution in [0.1, 0.15) is 46.5 Å². The molecule has 0 aromatic rings. The molecule has 0 bridgehead atoms. The van der Waals surface area contributed by atoms with E-state index in [2.05, 4.69) is 5.32 Å². The van der Waals surface area contributed by atoms with E-state index < -0.39 is 17.7 Å². The number of nitrogens with one attached hydrogen (secondary N) is 1. The van der Waals surface area contributed by atoms with E-state index in [1.54, 1.807) is 20.8 Å². The third-order valence-corrected chi connectivity index (χ3v) is 4.29. The topological polar surface area (TPSA) is 157 Å². The molecule has 0 aromatic heterocycles. The minimum atomic E-state index is -0.865. The maximum Gasteiger partial charge on any atom is 0.407 e. The third kappa shape index (κ3) is 30.2. The summed E-state index contributed by atoms with van der Waals surface area (Å²) in [5.74, 6) is -1.22. The number of esters is 1. The minimum absolute atomic E-state index is 0.0588. The van der Waals surface area contributed by atoms with Crippen molar-refractivity contribution in [2.45, 2.75) is 52.1 Å². The second-order valence-corrected chi connectivity index (χ2v) is 8.92. The number of unbranched alkanes of at least 4 members (excludes halogenated alkanes) is 1. The molecule has 0 unspecified atom stereocenters. The average molecular weight is 554 g/mol. The molecule has 0 spiro atoms. The summed E-state index contributed by atoms with van der Waals surface area (Å²) in [6.45, 7) is 11.0. The number of hydrogen-bond acceptors (Lipinski definition) is 11. The zero-order valence-corrected chi connectivity index (χ0v) is 23.2. The molecule has 13 nitrogen and oxygen atoms in total. The number of carbonyl (C=O) groups is 3. The Balaban J connectivity index is 3.18. The van der Waals surface area contributed by atoms with E-state index in [0.717, 1.165) is 0 Å². The molecule has 0 aliphatic heterocycles. The maximum atomic E-state index is 11.4. The highest BCUT2D eigenvalue weighted by molar-refractivity contribution is 5.69. The highest BCUT2D eigenvalue weighted by Crippen LogP contribution is 2.06. The summed E-state index contributed by atoms with van der Waals surface area (Å²) in [5.41, 5.74) is -0.518. The quantitative estimate of drug-likeness (QED) is 0.118. The van der Waals surface area contributed by atoms with Crippen LogP contribution in [0, 0.1) is 0 Å². The molecule has 1 amide bonds. The molecule has 13 heteroatoms. The number of aliphatic carboxylic acids is 1. The monoisotopic (exact) mass is 553 g/mol. The van der Waals surface area contributed by atoms with Crippen molar-refractivity contribution in [3.05, 3.63) is 0 Å². The molecule has 0 radical (unpaired) electrons. The van der Waals surface area contributed by atoms with E-state index in [-0.39, 0.29) is 32.0 Å². The Kier molecular flexibility index (Phi) is 23.9. The molecule has 224 valence electrons. The number of amides is 1. The predicted molar refractivity (Wildman–Crippen MR) is 136 cm³/mol. The Labute approximate surface area is 225 Å². The standard InChI is InChI=1S/C25H47NO12/c1-25(2,3)38-24(30)26-8-9-31-10-11-32-12-13-33-14-15-34-16-17-35-18-19-36-20-21-37-23(29)7-5-4-6-22(27)28/h4-21H2,1-3H3,(H,26,30)(H,27,28). The van der Waals surface area contributed by atoms with E-state index in [4.69, 9.17) is 43.0 Å². The van der Waals surface area contributed by atoms with Gasteiger partial charge in [0.25, 0.3) is 0 Å². The smallest absolute Gasteiger partial charge is 0.407 e. The van der Waals surface area contributed by atoms with Gasteiger partial charge in [0, 0.05) is 19.4 Å². The van der Waals surface area contributed by atoms with Gasteiger partial charge in [-0.15, -0.1) is 0 Å². The van der Waals surface area contributed by atoms with E-state index in [9.17, 15) is 14.4 Å². The van der Waals surface area contributed by atoms with E-state index >= 15 is 0 Å². The number of rotatable bonds is 26. The first-order valence-corrected chi connectivity index (χ1v) is 13.0. The Hall–Kier alpha value is -2.03. The fourth-order valence-electron chi connectivity index (χ4n) is 2.57. The van der Waals surface area contributed by atoms with Crippen LogP contribution < -0.4 is 5.32 Å². The van der Waals surface area contributed by atoms with Crippen molar-refractivity contribution < 1.29 is 57.4 Å². The van der Waals surface area contributed by atoms with Gasteiger partial charge in [-0.2, -0.15) is 0 Å². The van der Waals surface area contributed by atoms with Crippen LogP contribution in [0.3, 0.4) is 0 Å². The van der Waals surface area contributed by atoms with Crippen molar-refractivity contribution in [1.29, 1.82) is 0 Å². The van der Waals surface area contributed by atoms with Crippen molar-refractivity contribution in [2.75, 3.05) is 92.4 Å². The summed E-state index contributed by atoms with van der Waals surface area (Å²) in [6.07, 6.45) is 0.766. The largest absolute Gasteiger partial charge is 0.481 e. The summed E-state index contributed by atoms with van der Waals surface area (Å²) in [4.78, 5) is 33.3. The van der Waals surface area contributed by atoms with Gasteiger partial charge in [0.2, 0.25) is 0 Å². The molecule has 0 saturated carbocycles. The van der Waals surface area contributed by atoms with Gasteiger partial charge in [-0.05, 0) is 33.6 Å². The minimum Gasteiger partial charge on any atom is -0.481 e. The van der Waals surface area contributed by atoms with Crippen LogP contribution >= 0.6 is 0 Å². The molecule has 0 saturated heterocycles. The van der Waals surface area contributed by atoms with Crippen LogP contribution in [0.2, 0.25) is 0 Å². The van der Waals surface area contributed by atoms with Crippen molar-refractivity contribution in [1.82, 2.24) is 5.32 Å². The molecule has 0 aliphatic carbocycles. The predicted octanol–water partition coefficient (Wildman–Crippen LogP) is 1.80. The Morgan fingerprint density at radius 3 is 1.42 bits per heavy atom. The fourth-order valence-corrected chi connectivity index (χ4v) is 2.57. The Morgan fingerprint density at radius 2 is 1.00 bits per heavy atom. The van der Waals surface area contributed by atoms with Gasteiger partial charge in [-0.1, -0.05) is 0 Å². The number of carboxylic acids is 1. The van der Waals surface area contributed by atoms with Crippen molar-refractivity contribution in [3.63, 3.8) is 0 Å². The number of alkyl carbamates (subject to hydrolysis) is 1. The van der Waals surface area contributed by atoms with Crippen molar-refractivity contribution >= 4 is 18.0 Å². The van der Waals surface area contributed by atoms with Gasteiger partial charge < -0.3 is 48.3 Å². The van der Waals surface area contributed by atoms with E-state index in [1.165, 1.54) is 0 Å². The van der Waals surface area contributed by atoms with E-state index in [0.29, 0.717) is 92.1 Å². The number of carbonyl (C=O) groups excluding carboxylic acids is 2. The lowest BCUT2D eigenvalue weighted by Gasteiger charge is -2.19. The zero-order chi connectivity index (χ0) is 28.3. The first kappa shape index (κ1) is 36.0. The summed E-state index contributed by atoms with van der Waals surface area (Å²) >= 11 is 0. The molecule has 2 N–H and O–H groups in total. The fraction of sp³-hybridized carbons (Fsp3) is 0.880. The first-order chi connectivity index (χ1) is 18.2. The van der Waals surface area contributed by atoms with Crippen LogP contribution in [0.25, 0.3) is 0 Å². The van der Waals surface area contributed by atoms with Gasteiger partial charge in [-0.25, -0.2) is 4.79 Å². The first-order valence-electron chi connectivity index (χ1n) is 13.0. The summed E-state index contributed by atoms with van der Waals surface area (Å²) in [7, 11) is 0. The van der Waals surface area contributed by atoms with Gasteiger partial charge in [0.05, 0.1) is 79.3 Å². The van der Waals surface area contributed by atoms with Gasteiger partial charge in [-0.3, -0.25) is 9.59 Å². The molecular weight excluding hydrogens is 506 g/mol. The van der Waals surface area contributed by atoms with Crippen LogP contribution in [0.15, 0.2) is 0 Å². The molecule has 0 heterocycles. The lowest BCUT2D eigenvalue weighted by molar-refractivity contribution is -0.146. The molecule has 0 aromatic carbocycles. The molecular formula is C25H47NO12.